The molecule has 0 N–H and O–H groups in total. The van der Waals surface area contributed by atoms with E-state index in [9.17, 15) is 4.79 Å². The van der Waals surface area contributed by atoms with E-state index in [2.05, 4.69) is 15.9 Å². The molecule has 0 spiro atoms. The van der Waals surface area contributed by atoms with E-state index in [4.69, 9.17) is 0 Å². The number of nitrogens with zero attached hydrogens (tertiary/aromatic N) is 1. The van der Waals surface area contributed by atoms with Crippen LogP contribution in [-0.4, -0.2) is 30.3 Å². The molecule has 1 aromatic carbocycles. The second kappa shape index (κ2) is 5.42. The number of hydrogen-bond donors (Lipinski definition) is 0. The summed E-state index contributed by atoms with van der Waals surface area (Å²) in [5.74, 6) is 0.173. The number of likely N-dealkylation sites (N-methyl/N-ethyl adjacent to an activating group) is 1. The first kappa shape index (κ1) is 12.4. The molecule has 0 fully saturated rings. The molecule has 1 rings (SSSR count). The van der Waals surface area contributed by atoms with Crippen LogP contribution in [0.1, 0.15) is 24.2 Å². The lowest BCUT2D eigenvalue weighted by Gasteiger charge is -2.21. The monoisotopic (exact) mass is 269 g/mol. The predicted octanol–water partition coefficient (Wildman–Crippen LogP) is 2.97. The fourth-order valence-corrected chi connectivity index (χ4v) is 1.59. The lowest BCUT2D eigenvalue weighted by Crippen LogP contribution is -2.35. The number of rotatable bonds is 4. The number of hydrogen-bond acceptors (Lipinski definition) is 2. The van der Waals surface area contributed by atoms with Gasteiger partial charge in [0.25, 0.3) is 0 Å². The summed E-state index contributed by atoms with van der Waals surface area (Å²) in [5.41, 5.74) is 0.769. The summed E-state index contributed by atoms with van der Waals surface area (Å²) in [5, 5.41) is 0. The Morgan fingerprint density at radius 3 is 2.40 bits per heavy atom. The van der Waals surface area contributed by atoms with Crippen LogP contribution in [0.2, 0.25) is 0 Å². The highest BCUT2D eigenvalue weighted by atomic mass is 79.9. The van der Waals surface area contributed by atoms with E-state index in [0.29, 0.717) is 0 Å². The Bertz CT molecular complexity index is 334. The van der Waals surface area contributed by atoms with Gasteiger partial charge in [-0.25, -0.2) is 0 Å². The SMILES string of the molecule is CCN(C)C(C)C(=O)c1ccc(Br)cc1. The van der Waals surface area contributed by atoms with Crippen molar-refractivity contribution in [2.75, 3.05) is 13.6 Å². The fourth-order valence-electron chi connectivity index (χ4n) is 1.33. The zero-order valence-corrected chi connectivity index (χ0v) is 10.9. The van der Waals surface area contributed by atoms with Crippen LogP contribution in [0.15, 0.2) is 28.7 Å². The standard InChI is InChI=1S/C12H16BrNO/c1-4-14(3)9(2)12(15)10-5-7-11(13)8-6-10/h5-9H,4H2,1-3H3. The molecule has 15 heavy (non-hydrogen) atoms. The Labute approximate surface area is 99.4 Å². The molecule has 0 aromatic heterocycles. The highest BCUT2D eigenvalue weighted by Gasteiger charge is 2.17. The van der Waals surface area contributed by atoms with E-state index >= 15 is 0 Å². The van der Waals surface area contributed by atoms with Crippen molar-refractivity contribution in [2.45, 2.75) is 19.9 Å². The lowest BCUT2D eigenvalue weighted by atomic mass is 10.0. The quantitative estimate of drug-likeness (QED) is 0.784. The number of halogens is 1. The first-order chi connectivity index (χ1) is 7.06. The highest BCUT2D eigenvalue weighted by molar-refractivity contribution is 9.10. The van der Waals surface area contributed by atoms with E-state index in [1.807, 2.05) is 50.1 Å². The molecule has 3 heteroatoms. The van der Waals surface area contributed by atoms with Crippen LogP contribution in [0.3, 0.4) is 0 Å². The third-order valence-electron chi connectivity index (χ3n) is 2.67. The molecule has 0 amide bonds. The number of carbonyl (C=O) groups is 1. The fraction of sp³-hybridized carbons (Fsp3) is 0.417. The van der Waals surface area contributed by atoms with Gasteiger partial charge in [-0.1, -0.05) is 35.0 Å². The van der Waals surface area contributed by atoms with Gasteiger partial charge in [-0.15, -0.1) is 0 Å². The Kier molecular flexibility index (Phi) is 4.48. The van der Waals surface area contributed by atoms with Gasteiger partial charge in [0.1, 0.15) is 0 Å². The molecule has 0 heterocycles. The third-order valence-corrected chi connectivity index (χ3v) is 3.20. The first-order valence-electron chi connectivity index (χ1n) is 5.06. The molecule has 82 valence electrons. The van der Waals surface area contributed by atoms with Crippen LogP contribution < -0.4 is 0 Å². The molecule has 0 radical (unpaired) electrons. The number of carbonyl (C=O) groups excluding carboxylic acids is 1. The predicted molar refractivity (Wildman–Crippen MR) is 66.2 cm³/mol. The smallest absolute Gasteiger partial charge is 0.179 e. The summed E-state index contributed by atoms with van der Waals surface area (Å²) in [6, 6.07) is 7.44. The van der Waals surface area contributed by atoms with E-state index in [1.54, 1.807) is 0 Å². The van der Waals surface area contributed by atoms with Crippen LogP contribution in [0.5, 0.6) is 0 Å². The summed E-state index contributed by atoms with van der Waals surface area (Å²) >= 11 is 3.35. The van der Waals surface area contributed by atoms with Crippen molar-refractivity contribution >= 4 is 21.7 Å². The van der Waals surface area contributed by atoms with Gasteiger partial charge in [0.15, 0.2) is 5.78 Å². The van der Waals surface area contributed by atoms with Gasteiger partial charge in [-0.3, -0.25) is 9.69 Å². The maximum Gasteiger partial charge on any atom is 0.179 e. The summed E-state index contributed by atoms with van der Waals surface area (Å²) in [4.78, 5) is 14.0. The van der Waals surface area contributed by atoms with Crippen LogP contribution in [0.25, 0.3) is 0 Å². The summed E-state index contributed by atoms with van der Waals surface area (Å²) in [6.45, 7) is 4.86. The Morgan fingerprint density at radius 2 is 1.93 bits per heavy atom. The minimum atomic E-state index is -0.0591. The Morgan fingerprint density at radius 1 is 1.40 bits per heavy atom. The van der Waals surface area contributed by atoms with Crippen LogP contribution >= 0.6 is 15.9 Å². The van der Waals surface area contributed by atoms with Crippen LogP contribution in [0, 0.1) is 0 Å². The molecule has 0 saturated carbocycles. The van der Waals surface area contributed by atoms with E-state index in [0.717, 1.165) is 16.6 Å². The van der Waals surface area contributed by atoms with Crippen molar-refractivity contribution in [3.8, 4) is 0 Å². The number of benzene rings is 1. The topological polar surface area (TPSA) is 20.3 Å². The molecule has 1 aromatic rings. The number of ketones is 1. The lowest BCUT2D eigenvalue weighted by molar-refractivity contribution is 0.0874. The number of Topliss-reactive ketones (excluding diaryl/α,β-unsaturated/α-hetero) is 1. The van der Waals surface area contributed by atoms with Gasteiger partial charge < -0.3 is 0 Å². The maximum absolute atomic E-state index is 12.0. The first-order valence-corrected chi connectivity index (χ1v) is 5.85. The average molecular weight is 270 g/mol. The third kappa shape index (κ3) is 3.14. The summed E-state index contributed by atoms with van der Waals surface area (Å²) < 4.78 is 0.996. The van der Waals surface area contributed by atoms with Gasteiger partial charge in [-0.05, 0) is 32.6 Å². The largest absolute Gasteiger partial charge is 0.297 e. The van der Waals surface area contributed by atoms with Gasteiger partial charge in [-0.2, -0.15) is 0 Å². The minimum Gasteiger partial charge on any atom is -0.297 e. The minimum absolute atomic E-state index is 0.0591. The van der Waals surface area contributed by atoms with E-state index in [-0.39, 0.29) is 11.8 Å². The van der Waals surface area contributed by atoms with Crippen molar-refractivity contribution in [1.82, 2.24) is 4.90 Å². The average Bonchev–Trinajstić information content (AvgIpc) is 2.27. The molecule has 2 nitrogen and oxygen atoms in total. The summed E-state index contributed by atoms with van der Waals surface area (Å²) in [7, 11) is 1.96. The van der Waals surface area contributed by atoms with Gasteiger partial charge >= 0.3 is 0 Å². The van der Waals surface area contributed by atoms with Crippen LogP contribution in [0.4, 0.5) is 0 Å². The molecular formula is C12H16BrNO. The van der Waals surface area contributed by atoms with E-state index in [1.165, 1.54) is 0 Å². The van der Waals surface area contributed by atoms with Crippen molar-refractivity contribution in [2.24, 2.45) is 0 Å². The van der Waals surface area contributed by atoms with Crippen molar-refractivity contribution in [3.63, 3.8) is 0 Å². The normalized spacial score (nSPS) is 12.9. The molecule has 0 aliphatic heterocycles. The van der Waals surface area contributed by atoms with Gasteiger partial charge in [0.2, 0.25) is 0 Å². The van der Waals surface area contributed by atoms with Gasteiger partial charge in [0, 0.05) is 10.0 Å². The van der Waals surface area contributed by atoms with Crippen molar-refractivity contribution in [1.29, 1.82) is 0 Å². The van der Waals surface area contributed by atoms with Crippen LogP contribution in [-0.2, 0) is 0 Å². The maximum atomic E-state index is 12.0. The zero-order chi connectivity index (χ0) is 11.4. The van der Waals surface area contributed by atoms with Gasteiger partial charge in [0.05, 0.1) is 6.04 Å². The molecule has 0 bridgehead atoms. The van der Waals surface area contributed by atoms with E-state index < -0.39 is 0 Å². The zero-order valence-electron chi connectivity index (χ0n) is 9.33. The highest BCUT2D eigenvalue weighted by Crippen LogP contribution is 2.13. The molecule has 1 unspecified atom stereocenters. The summed E-state index contributed by atoms with van der Waals surface area (Å²) in [6.07, 6.45) is 0. The van der Waals surface area contributed by atoms with Crippen molar-refractivity contribution < 1.29 is 4.79 Å². The Balaban J connectivity index is 2.80. The second-order valence-electron chi connectivity index (χ2n) is 3.62. The Hall–Kier alpha value is -0.670. The molecule has 0 aliphatic rings. The molecule has 1 atom stereocenters. The second-order valence-corrected chi connectivity index (χ2v) is 4.54. The molecule has 0 aliphatic carbocycles. The molecule has 0 saturated heterocycles. The molecular weight excluding hydrogens is 254 g/mol. The van der Waals surface area contributed by atoms with Crippen molar-refractivity contribution in [3.05, 3.63) is 34.3 Å².